The molecule has 0 aliphatic rings. The number of fused-ring (bicyclic) bond motifs is 1. The average Bonchev–Trinajstić information content (AvgIpc) is 2.67. The Morgan fingerprint density at radius 2 is 1.48 bits per heavy atom. The zero-order valence-corrected chi connectivity index (χ0v) is 16.8. The van der Waals surface area contributed by atoms with Gasteiger partial charge in [0, 0.05) is 5.56 Å². The molecule has 138 valence electrons. The molecule has 0 heterocycles. The Hall–Kier alpha value is -2.58. The number of nitrogens with zero attached hydrogens (tertiary/aromatic N) is 1. The number of benzene rings is 3. The van der Waals surface area contributed by atoms with E-state index in [1.165, 1.54) is 0 Å². The molecule has 0 spiro atoms. The number of aliphatic imine (C=N–C) groups is 1. The Balaban J connectivity index is 2.38. The van der Waals surface area contributed by atoms with Crippen LogP contribution in [0.25, 0.3) is 10.8 Å². The van der Waals surface area contributed by atoms with Crippen LogP contribution in [0.2, 0.25) is 0 Å². The van der Waals surface area contributed by atoms with Crippen LogP contribution in [0.15, 0.2) is 56.4 Å². The van der Waals surface area contributed by atoms with Gasteiger partial charge < -0.3 is 20.4 Å². The van der Waals surface area contributed by atoms with Crippen molar-refractivity contribution >= 4 is 54.3 Å². The molecule has 0 aliphatic carbocycles. The number of halogens is 2. The second-order valence-electron chi connectivity index (χ2n) is 5.63. The highest BCUT2D eigenvalue weighted by atomic mass is 79.9. The lowest BCUT2D eigenvalue weighted by Crippen LogP contribution is -2.10. The number of aliphatic carboxylic acids is 1. The largest absolute Gasteiger partial charge is 0.506 e. The Kier molecular flexibility index (Phi) is 5.38. The van der Waals surface area contributed by atoms with Crippen molar-refractivity contribution in [2.75, 3.05) is 6.54 Å². The molecule has 0 saturated heterocycles. The summed E-state index contributed by atoms with van der Waals surface area (Å²) < 4.78 is -0.101. The number of carbonyl (C=O) groups is 1. The summed E-state index contributed by atoms with van der Waals surface area (Å²) in [5.74, 6) is -2.46. The molecular weight excluding hydrogens is 482 g/mol. The van der Waals surface area contributed by atoms with Crippen LogP contribution in [0.3, 0.4) is 0 Å². The number of hydrogen-bond donors (Lipinski definition) is 4. The van der Waals surface area contributed by atoms with Crippen LogP contribution in [0.1, 0.15) is 11.1 Å². The SMILES string of the molecule is O=C(O)CN=C(c1c(O)c(Br)c(O)c(Br)c1O)c1cccc2ccccc12. The molecule has 8 heteroatoms. The van der Waals surface area contributed by atoms with Gasteiger partial charge >= 0.3 is 5.97 Å². The van der Waals surface area contributed by atoms with Gasteiger partial charge in [-0.3, -0.25) is 9.79 Å². The van der Waals surface area contributed by atoms with Crippen LogP contribution >= 0.6 is 31.9 Å². The summed E-state index contributed by atoms with van der Waals surface area (Å²) in [5.41, 5.74) is 0.527. The van der Waals surface area contributed by atoms with Gasteiger partial charge in [0.1, 0.15) is 27.0 Å². The number of aromatic hydroxyl groups is 3. The maximum atomic E-state index is 11.1. The third kappa shape index (κ3) is 3.50. The summed E-state index contributed by atoms with van der Waals surface area (Å²) in [5, 5.41) is 41.8. The van der Waals surface area contributed by atoms with E-state index in [0.717, 1.165) is 10.8 Å². The maximum Gasteiger partial charge on any atom is 0.325 e. The van der Waals surface area contributed by atoms with Crippen LogP contribution in [-0.2, 0) is 4.79 Å². The van der Waals surface area contributed by atoms with Gasteiger partial charge in [0.05, 0.1) is 11.3 Å². The zero-order valence-electron chi connectivity index (χ0n) is 13.6. The van der Waals surface area contributed by atoms with Gasteiger partial charge in [-0.25, -0.2) is 0 Å². The number of rotatable bonds is 4. The summed E-state index contributed by atoms with van der Waals surface area (Å²) >= 11 is 6.15. The number of phenols is 3. The van der Waals surface area contributed by atoms with E-state index in [1.54, 1.807) is 12.1 Å². The van der Waals surface area contributed by atoms with Crippen molar-refractivity contribution in [2.24, 2.45) is 4.99 Å². The van der Waals surface area contributed by atoms with E-state index < -0.39 is 24.0 Å². The van der Waals surface area contributed by atoms with Crippen molar-refractivity contribution in [2.45, 2.75) is 0 Å². The van der Waals surface area contributed by atoms with Crippen molar-refractivity contribution in [1.29, 1.82) is 0 Å². The van der Waals surface area contributed by atoms with E-state index in [0.29, 0.717) is 5.56 Å². The minimum atomic E-state index is -1.16. The Bertz CT molecular complexity index is 1060. The lowest BCUT2D eigenvalue weighted by Gasteiger charge is -2.16. The Morgan fingerprint density at radius 1 is 0.889 bits per heavy atom. The molecule has 6 nitrogen and oxygen atoms in total. The third-order valence-corrected chi connectivity index (χ3v) is 5.46. The van der Waals surface area contributed by atoms with Gasteiger partial charge in [0.2, 0.25) is 0 Å². The van der Waals surface area contributed by atoms with Crippen molar-refractivity contribution < 1.29 is 25.2 Å². The fourth-order valence-electron chi connectivity index (χ4n) is 2.75. The monoisotopic (exact) mass is 493 g/mol. The van der Waals surface area contributed by atoms with Crippen LogP contribution in [-0.4, -0.2) is 38.7 Å². The molecule has 0 atom stereocenters. The van der Waals surface area contributed by atoms with Crippen LogP contribution < -0.4 is 0 Å². The van der Waals surface area contributed by atoms with Crippen molar-refractivity contribution in [3.8, 4) is 17.2 Å². The van der Waals surface area contributed by atoms with E-state index in [-0.39, 0.29) is 26.0 Å². The first-order valence-electron chi connectivity index (χ1n) is 7.69. The molecule has 0 saturated carbocycles. The van der Waals surface area contributed by atoms with Gasteiger partial charge in [0.15, 0.2) is 5.75 Å². The van der Waals surface area contributed by atoms with E-state index in [9.17, 15) is 20.1 Å². The molecule has 4 N–H and O–H groups in total. The Labute approximate surface area is 170 Å². The molecule has 0 amide bonds. The lowest BCUT2D eigenvalue weighted by atomic mass is 9.95. The molecule has 3 aromatic carbocycles. The quantitative estimate of drug-likeness (QED) is 0.402. The predicted octanol–water partition coefficient (Wildman–Crippen LogP) is 4.40. The zero-order chi connectivity index (χ0) is 19.7. The first-order valence-corrected chi connectivity index (χ1v) is 9.28. The van der Waals surface area contributed by atoms with E-state index in [2.05, 4.69) is 36.9 Å². The van der Waals surface area contributed by atoms with Gasteiger partial charge in [0.25, 0.3) is 0 Å². The molecule has 27 heavy (non-hydrogen) atoms. The van der Waals surface area contributed by atoms with E-state index in [1.807, 2.05) is 30.3 Å². The standard InChI is InChI=1S/C19H13Br2NO5/c20-14-17(25)13(18(26)15(21)19(14)27)16(22-8-12(23)24)11-7-3-5-9-4-1-2-6-10(9)11/h1-7,25-27H,8H2,(H,23,24). The maximum absolute atomic E-state index is 11.1. The molecule has 0 radical (unpaired) electrons. The molecule has 3 rings (SSSR count). The van der Waals surface area contributed by atoms with Gasteiger partial charge in [-0.1, -0.05) is 42.5 Å². The minimum absolute atomic E-state index is 0.0505. The molecule has 3 aromatic rings. The minimum Gasteiger partial charge on any atom is -0.506 e. The number of carboxylic acids is 1. The topological polar surface area (TPSA) is 110 Å². The molecule has 0 aromatic heterocycles. The average molecular weight is 495 g/mol. The molecule has 0 aliphatic heterocycles. The first kappa shape index (κ1) is 19.2. The third-order valence-electron chi connectivity index (χ3n) is 3.96. The molecular formula is C19H13Br2NO5. The van der Waals surface area contributed by atoms with Gasteiger partial charge in [-0.15, -0.1) is 0 Å². The van der Waals surface area contributed by atoms with Crippen molar-refractivity contribution in [3.63, 3.8) is 0 Å². The molecule has 0 unspecified atom stereocenters. The van der Waals surface area contributed by atoms with Crippen LogP contribution in [0.4, 0.5) is 0 Å². The lowest BCUT2D eigenvalue weighted by molar-refractivity contribution is -0.135. The first-order chi connectivity index (χ1) is 12.8. The Morgan fingerprint density at radius 3 is 2.11 bits per heavy atom. The summed E-state index contributed by atoms with van der Waals surface area (Å²) in [6, 6.07) is 12.8. The van der Waals surface area contributed by atoms with E-state index in [4.69, 9.17) is 5.11 Å². The number of carboxylic acid groups (broad SMARTS) is 1. The van der Waals surface area contributed by atoms with Gasteiger partial charge in [-0.2, -0.15) is 0 Å². The highest BCUT2D eigenvalue weighted by molar-refractivity contribution is 9.11. The number of phenolic OH excluding ortho intramolecular Hbond substituents is 3. The smallest absolute Gasteiger partial charge is 0.325 e. The summed E-state index contributed by atoms with van der Waals surface area (Å²) in [6.07, 6.45) is 0. The fraction of sp³-hybridized carbons (Fsp3) is 0.0526. The molecule has 0 bridgehead atoms. The number of hydrogen-bond acceptors (Lipinski definition) is 5. The van der Waals surface area contributed by atoms with Crippen molar-refractivity contribution in [3.05, 3.63) is 62.5 Å². The molecule has 0 fully saturated rings. The highest BCUT2D eigenvalue weighted by Crippen LogP contribution is 2.48. The fourth-order valence-corrected chi connectivity index (χ4v) is 3.81. The van der Waals surface area contributed by atoms with Crippen LogP contribution in [0, 0.1) is 0 Å². The van der Waals surface area contributed by atoms with Gasteiger partial charge in [-0.05, 0) is 42.6 Å². The predicted molar refractivity (Wildman–Crippen MR) is 109 cm³/mol. The summed E-state index contributed by atoms with van der Waals surface area (Å²) in [7, 11) is 0. The normalized spacial score (nSPS) is 11.7. The van der Waals surface area contributed by atoms with Crippen molar-refractivity contribution in [1.82, 2.24) is 0 Å². The highest BCUT2D eigenvalue weighted by Gasteiger charge is 2.26. The van der Waals surface area contributed by atoms with Crippen LogP contribution in [0.5, 0.6) is 17.2 Å². The summed E-state index contributed by atoms with van der Waals surface area (Å²) in [6.45, 7) is -0.562. The van der Waals surface area contributed by atoms with E-state index >= 15 is 0 Å². The second-order valence-corrected chi connectivity index (χ2v) is 7.22. The summed E-state index contributed by atoms with van der Waals surface area (Å²) in [4.78, 5) is 15.2. The second kappa shape index (κ2) is 7.58.